The molecule has 2 aromatic carbocycles. The molecular formula is C23H21FN4O2S. The first-order valence-electron chi connectivity index (χ1n) is 10.2. The lowest BCUT2D eigenvalue weighted by Crippen LogP contribution is -2.38. The second-order valence-corrected chi connectivity index (χ2v) is 8.62. The molecular weight excluding hydrogens is 415 g/mol. The van der Waals surface area contributed by atoms with E-state index in [1.807, 2.05) is 30.3 Å². The minimum absolute atomic E-state index is 0.0292. The summed E-state index contributed by atoms with van der Waals surface area (Å²) in [6.07, 6.45) is 2.96. The zero-order valence-electron chi connectivity index (χ0n) is 17.0. The Labute approximate surface area is 182 Å². The van der Waals surface area contributed by atoms with Crippen LogP contribution in [0.4, 0.5) is 15.9 Å². The number of hydrogen-bond acceptors (Lipinski definition) is 6. The van der Waals surface area contributed by atoms with Gasteiger partial charge in [-0.15, -0.1) is 11.3 Å². The summed E-state index contributed by atoms with van der Waals surface area (Å²) in [5, 5.41) is 3.55. The number of thiophene rings is 1. The lowest BCUT2D eigenvalue weighted by molar-refractivity contribution is -0.120. The first-order chi connectivity index (χ1) is 15.1. The van der Waals surface area contributed by atoms with Crippen molar-refractivity contribution in [2.45, 2.75) is 12.8 Å². The maximum atomic E-state index is 14.4. The van der Waals surface area contributed by atoms with Crippen LogP contribution in [-0.4, -0.2) is 36.1 Å². The molecule has 0 bridgehead atoms. The molecule has 2 aromatic heterocycles. The number of benzene rings is 2. The summed E-state index contributed by atoms with van der Waals surface area (Å²) in [5.41, 5.74) is 1.42. The molecule has 1 amide bonds. The quantitative estimate of drug-likeness (QED) is 0.496. The molecule has 1 aliphatic rings. The van der Waals surface area contributed by atoms with Gasteiger partial charge >= 0.3 is 0 Å². The van der Waals surface area contributed by atoms with Crippen LogP contribution in [0.3, 0.4) is 0 Å². The molecule has 4 aromatic rings. The van der Waals surface area contributed by atoms with Crippen LogP contribution in [0.25, 0.3) is 20.3 Å². The number of ether oxygens (including phenoxy) is 1. The van der Waals surface area contributed by atoms with Gasteiger partial charge in [-0.1, -0.05) is 6.07 Å². The molecule has 1 saturated heterocycles. The summed E-state index contributed by atoms with van der Waals surface area (Å²) in [4.78, 5) is 23.7. The first kappa shape index (κ1) is 19.7. The van der Waals surface area contributed by atoms with Gasteiger partial charge in [0.2, 0.25) is 5.91 Å². The number of fused-ring (bicyclic) bond motifs is 3. The van der Waals surface area contributed by atoms with Gasteiger partial charge in [-0.05, 0) is 49.2 Å². The van der Waals surface area contributed by atoms with Crippen molar-refractivity contribution in [1.82, 2.24) is 9.97 Å². The second-order valence-electron chi connectivity index (χ2n) is 7.57. The molecule has 0 radical (unpaired) electrons. The highest BCUT2D eigenvalue weighted by Gasteiger charge is 2.27. The molecule has 0 unspecified atom stereocenters. The zero-order valence-corrected chi connectivity index (χ0v) is 17.8. The predicted octanol–water partition coefficient (Wildman–Crippen LogP) is 4.85. The third-order valence-electron chi connectivity index (χ3n) is 5.73. The highest BCUT2D eigenvalue weighted by atomic mass is 32.1. The Morgan fingerprint density at radius 2 is 1.94 bits per heavy atom. The van der Waals surface area contributed by atoms with E-state index in [1.165, 1.54) is 23.7 Å². The van der Waals surface area contributed by atoms with Crippen LogP contribution in [0.15, 0.2) is 48.8 Å². The standard InChI is InChI=1S/C23H21FN4O2S/c1-30-16-7-5-15(6-8-16)27-23(29)14-9-11-28(12-10-14)22-21-20(25-13-26-22)19-17(24)3-2-4-18(19)31-21/h2-8,13-14H,9-12H2,1H3,(H,27,29). The van der Waals surface area contributed by atoms with Crippen LogP contribution >= 0.6 is 11.3 Å². The first-order valence-corrected chi connectivity index (χ1v) is 11.0. The van der Waals surface area contributed by atoms with Crippen molar-refractivity contribution in [3.8, 4) is 5.75 Å². The number of rotatable bonds is 4. The highest BCUT2D eigenvalue weighted by molar-refractivity contribution is 7.26. The average Bonchev–Trinajstić information content (AvgIpc) is 3.20. The van der Waals surface area contributed by atoms with Gasteiger partial charge in [-0.2, -0.15) is 0 Å². The maximum Gasteiger partial charge on any atom is 0.227 e. The Balaban J connectivity index is 1.31. The van der Waals surface area contributed by atoms with Crippen LogP contribution in [-0.2, 0) is 4.79 Å². The van der Waals surface area contributed by atoms with Crippen LogP contribution in [0.2, 0.25) is 0 Å². The van der Waals surface area contributed by atoms with Crippen molar-refractivity contribution in [2.24, 2.45) is 5.92 Å². The number of carbonyl (C=O) groups is 1. The van der Waals surface area contributed by atoms with Crippen molar-refractivity contribution in [2.75, 3.05) is 30.4 Å². The molecule has 0 atom stereocenters. The van der Waals surface area contributed by atoms with Gasteiger partial charge in [0.15, 0.2) is 0 Å². The van der Waals surface area contributed by atoms with Gasteiger partial charge in [0.1, 0.15) is 23.7 Å². The minimum Gasteiger partial charge on any atom is -0.497 e. The van der Waals surface area contributed by atoms with Gasteiger partial charge in [-0.25, -0.2) is 14.4 Å². The number of methoxy groups -OCH3 is 1. The average molecular weight is 437 g/mol. The van der Waals surface area contributed by atoms with Gasteiger partial charge in [0, 0.05) is 29.4 Å². The summed E-state index contributed by atoms with van der Waals surface area (Å²) in [5.74, 6) is 1.28. The molecule has 0 spiro atoms. The maximum absolute atomic E-state index is 14.4. The van der Waals surface area contributed by atoms with Crippen LogP contribution in [0.5, 0.6) is 5.75 Å². The number of nitrogens with zero attached hydrogens (tertiary/aromatic N) is 3. The Bertz CT molecular complexity index is 1250. The number of amides is 1. The molecule has 5 rings (SSSR count). The Kier molecular flexibility index (Phi) is 5.15. The number of nitrogens with one attached hydrogen (secondary N) is 1. The fraction of sp³-hybridized carbons (Fsp3) is 0.261. The summed E-state index contributed by atoms with van der Waals surface area (Å²) in [6.45, 7) is 1.42. The summed E-state index contributed by atoms with van der Waals surface area (Å²) >= 11 is 1.51. The van der Waals surface area contributed by atoms with Crippen LogP contribution in [0.1, 0.15) is 12.8 Å². The molecule has 1 fully saturated rings. The lowest BCUT2D eigenvalue weighted by Gasteiger charge is -2.32. The van der Waals surface area contributed by atoms with Crippen molar-refractivity contribution in [1.29, 1.82) is 0 Å². The second kappa shape index (κ2) is 8.11. The van der Waals surface area contributed by atoms with Gasteiger partial charge in [0.25, 0.3) is 0 Å². The van der Waals surface area contributed by atoms with Crippen LogP contribution < -0.4 is 15.0 Å². The lowest BCUT2D eigenvalue weighted by atomic mass is 9.95. The van der Waals surface area contributed by atoms with E-state index in [0.29, 0.717) is 24.0 Å². The molecule has 31 heavy (non-hydrogen) atoms. The molecule has 0 aliphatic carbocycles. The van der Waals surface area contributed by atoms with E-state index in [9.17, 15) is 9.18 Å². The van der Waals surface area contributed by atoms with E-state index in [0.717, 1.165) is 39.5 Å². The summed E-state index contributed by atoms with van der Waals surface area (Å²) < 4.78 is 21.3. The molecule has 3 heterocycles. The third-order valence-corrected chi connectivity index (χ3v) is 6.87. The van der Waals surface area contributed by atoms with Gasteiger partial charge in [-0.3, -0.25) is 4.79 Å². The third kappa shape index (κ3) is 3.67. The van der Waals surface area contributed by atoms with Crippen molar-refractivity contribution >= 4 is 49.1 Å². The Morgan fingerprint density at radius 1 is 1.16 bits per heavy atom. The minimum atomic E-state index is -0.262. The topological polar surface area (TPSA) is 67.3 Å². The number of hydrogen-bond donors (Lipinski definition) is 1. The monoisotopic (exact) mass is 436 g/mol. The fourth-order valence-electron chi connectivity index (χ4n) is 4.06. The van der Waals surface area contributed by atoms with Gasteiger partial charge < -0.3 is 15.0 Å². The molecule has 158 valence electrons. The fourth-order valence-corrected chi connectivity index (χ4v) is 5.25. The van der Waals surface area contributed by atoms with Crippen molar-refractivity contribution in [3.63, 3.8) is 0 Å². The van der Waals surface area contributed by atoms with E-state index >= 15 is 0 Å². The van der Waals surface area contributed by atoms with Crippen molar-refractivity contribution in [3.05, 3.63) is 54.6 Å². The molecule has 1 aliphatic heterocycles. The molecule has 8 heteroatoms. The summed E-state index contributed by atoms with van der Waals surface area (Å²) in [6, 6.07) is 12.4. The highest BCUT2D eigenvalue weighted by Crippen LogP contribution is 2.39. The van der Waals surface area contributed by atoms with E-state index < -0.39 is 0 Å². The van der Waals surface area contributed by atoms with E-state index in [4.69, 9.17) is 4.74 Å². The number of aromatic nitrogens is 2. The number of halogens is 1. The number of anilines is 2. The largest absolute Gasteiger partial charge is 0.497 e. The van der Waals surface area contributed by atoms with E-state index in [-0.39, 0.29) is 17.6 Å². The smallest absolute Gasteiger partial charge is 0.227 e. The predicted molar refractivity (Wildman–Crippen MR) is 121 cm³/mol. The SMILES string of the molecule is COc1ccc(NC(=O)C2CCN(c3ncnc4c3sc3cccc(F)c34)CC2)cc1. The van der Waals surface area contributed by atoms with Crippen LogP contribution in [0, 0.1) is 11.7 Å². The number of piperidine rings is 1. The summed E-state index contributed by atoms with van der Waals surface area (Å²) in [7, 11) is 1.61. The van der Waals surface area contributed by atoms with E-state index in [1.54, 1.807) is 13.2 Å². The zero-order chi connectivity index (χ0) is 21.4. The van der Waals surface area contributed by atoms with Gasteiger partial charge in [0.05, 0.1) is 22.7 Å². The Hall–Kier alpha value is -3.26. The molecule has 6 nitrogen and oxygen atoms in total. The molecule has 0 saturated carbocycles. The Morgan fingerprint density at radius 3 is 2.68 bits per heavy atom. The normalized spacial score (nSPS) is 14.8. The number of carbonyl (C=O) groups excluding carboxylic acids is 1. The van der Waals surface area contributed by atoms with Crippen molar-refractivity contribution < 1.29 is 13.9 Å². The molecule has 1 N–H and O–H groups in total. The van der Waals surface area contributed by atoms with E-state index in [2.05, 4.69) is 20.2 Å².